The predicted molar refractivity (Wildman–Crippen MR) is 78.1 cm³/mol. The molecule has 1 fully saturated rings. The third kappa shape index (κ3) is 3.41. The van der Waals surface area contributed by atoms with Gasteiger partial charge in [-0.25, -0.2) is 0 Å². The maximum atomic E-state index is 6.03. The Bertz CT molecular complexity index is 442. The molecule has 1 aliphatic rings. The molecule has 1 heterocycles. The molecule has 1 N–H and O–H groups in total. The van der Waals surface area contributed by atoms with E-state index in [1.54, 1.807) is 0 Å². The molecule has 2 nitrogen and oxygen atoms in total. The van der Waals surface area contributed by atoms with Crippen molar-refractivity contribution in [3.05, 3.63) is 28.8 Å². The minimum absolute atomic E-state index is 0.524. The first kappa shape index (κ1) is 13.3. The minimum atomic E-state index is 0.524. The highest BCUT2D eigenvalue weighted by atomic mass is 35.5. The van der Waals surface area contributed by atoms with Gasteiger partial charge in [-0.1, -0.05) is 23.6 Å². The van der Waals surface area contributed by atoms with Crippen molar-refractivity contribution in [2.45, 2.75) is 25.8 Å². The second kappa shape index (κ2) is 6.13. The number of nitrogens with one attached hydrogen (secondary N) is 1. The summed E-state index contributed by atoms with van der Waals surface area (Å²) in [6, 6.07) is 6.51. The van der Waals surface area contributed by atoms with E-state index in [-0.39, 0.29) is 0 Å². The number of hydrogen-bond acceptors (Lipinski definition) is 2. The summed E-state index contributed by atoms with van der Waals surface area (Å²) >= 11 is 6.03. The number of aryl methyl sites for hydroxylation is 1. The van der Waals surface area contributed by atoms with Crippen LogP contribution in [0.2, 0.25) is 5.02 Å². The summed E-state index contributed by atoms with van der Waals surface area (Å²) in [6.07, 6.45) is 7.60. The van der Waals surface area contributed by atoms with Gasteiger partial charge >= 0.3 is 0 Å². The molecule has 0 aliphatic carbocycles. The summed E-state index contributed by atoms with van der Waals surface area (Å²) in [5.41, 5.74) is 2.39. The molecule has 0 atom stereocenters. The van der Waals surface area contributed by atoms with E-state index in [1.165, 1.54) is 5.56 Å². The summed E-state index contributed by atoms with van der Waals surface area (Å²) in [7, 11) is 0. The topological polar surface area (TPSA) is 15.3 Å². The van der Waals surface area contributed by atoms with Gasteiger partial charge in [-0.3, -0.25) is 4.90 Å². The molecule has 2 rings (SSSR count). The van der Waals surface area contributed by atoms with E-state index in [2.05, 4.69) is 29.1 Å². The number of benzene rings is 1. The Kier molecular flexibility index (Phi) is 4.52. The number of anilines is 1. The highest BCUT2D eigenvalue weighted by molar-refractivity contribution is 6.30. The molecule has 1 saturated heterocycles. The number of hydrogen-bond donors (Lipinski definition) is 1. The van der Waals surface area contributed by atoms with Gasteiger partial charge in [-0.05, 0) is 37.5 Å². The van der Waals surface area contributed by atoms with Gasteiger partial charge in [0.25, 0.3) is 0 Å². The van der Waals surface area contributed by atoms with Gasteiger partial charge in [0.1, 0.15) is 0 Å². The summed E-state index contributed by atoms with van der Waals surface area (Å²) in [4.78, 5) is 2.32. The number of halogens is 1. The Morgan fingerprint density at radius 3 is 2.83 bits per heavy atom. The Labute approximate surface area is 114 Å². The molecule has 0 bridgehead atoms. The van der Waals surface area contributed by atoms with Crippen LogP contribution in [0.5, 0.6) is 0 Å². The number of rotatable bonds is 3. The zero-order valence-corrected chi connectivity index (χ0v) is 11.5. The summed E-state index contributed by atoms with van der Waals surface area (Å²) in [5.74, 6) is 2.71. The fraction of sp³-hybridized carbons (Fsp3) is 0.467. The third-order valence-corrected chi connectivity index (χ3v) is 3.70. The Balaban J connectivity index is 1.92. The lowest BCUT2D eigenvalue weighted by Crippen LogP contribution is -2.39. The first-order chi connectivity index (χ1) is 8.69. The molecule has 3 heteroatoms. The molecule has 18 heavy (non-hydrogen) atoms. The molecular weight excluding hydrogens is 244 g/mol. The molecule has 0 aromatic heterocycles. The quantitative estimate of drug-likeness (QED) is 0.842. The molecule has 1 aromatic rings. The van der Waals surface area contributed by atoms with Crippen LogP contribution >= 0.6 is 11.6 Å². The van der Waals surface area contributed by atoms with Crippen molar-refractivity contribution < 1.29 is 0 Å². The van der Waals surface area contributed by atoms with E-state index >= 15 is 0 Å². The Morgan fingerprint density at radius 2 is 2.17 bits per heavy atom. The van der Waals surface area contributed by atoms with Crippen LogP contribution in [0.3, 0.4) is 0 Å². The van der Waals surface area contributed by atoms with Crippen molar-refractivity contribution in [1.82, 2.24) is 4.90 Å². The first-order valence-electron chi connectivity index (χ1n) is 6.37. The second-order valence-electron chi connectivity index (χ2n) is 4.86. The normalized spacial score (nSPS) is 17.4. The molecule has 1 aliphatic heterocycles. The van der Waals surface area contributed by atoms with E-state index in [9.17, 15) is 0 Å². The highest BCUT2D eigenvalue weighted by Gasteiger charge is 2.18. The van der Waals surface area contributed by atoms with Crippen LogP contribution in [0.1, 0.15) is 18.4 Å². The third-order valence-electron chi connectivity index (χ3n) is 3.46. The lowest BCUT2D eigenvalue weighted by Gasteiger charge is -2.32. The van der Waals surface area contributed by atoms with Gasteiger partial charge in [0.2, 0.25) is 0 Å². The predicted octanol–water partition coefficient (Wildman–Crippen LogP) is 3.16. The monoisotopic (exact) mass is 262 g/mol. The molecule has 0 unspecified atom stereocenters. The Hall–Kier alpha value is -1.17. The van der Waals surface area contributed by atoms with Crippen molar-refractivity contribution in [3.8, 4) is 12.3 Å². The largest absolute Gasteiger partial charge is 0.382 e. The fourth-order valence-corrected chi connectivity index (χ4v) is 2.51. The van der Waals surface area contributed by atoms with Crippen molar-refractivity contribution in [2.75, 3.05) is 25.0 Å². The van der Waals surface area contributed by atoms with Gasteiger partial charge in [0, 0.05) is 29.8 Å². The SMILES string of the molecule is C#CCN1CCC(Nc2cc(Cl)ccc2C)CC1. The molecular formula is C15H19ClN2. The Morgan fingerprint density at radius 1 is 1.44 bits per heavy atom. The molecule has 0 saturated carbocycles. The lowest BCUT2D eigenvalue weighted by atomic mass is 10.0. The number of nitrogens with zero attached hydrogens (tertiary/aromatic N) is 1. The van der Waals surface area contributed by atoms with Gasteiger partial charge in [-0.2, -0.15) is 0 Å². The summed E-state index contributed by atoms with van der Waals surface area (Å²) in [6.45, 7) is 5.01. The van der Waals surface area contributed by atoms with Crippen LogP contribution in [0.15, 0.2) is 18.2 Å². The standard InChI is InChI=1S/C15H19ClN2/c1-3-8-18-9-6-14(7-10-18)17-15-11-13(16)5-4-12(15)2/h1,4-5,11,14,17H,6-10H2,2H3. The van der Waals surface area contributed by atoms with Gasteiger partial charge in [-0.15, -0.1) is 6.42 Å². The highest BCUT2D eigenvalue weighted by Crippen LogP contribution is 2.23. The van der Waals surface area contributed by atoms with Crippen molar-refractivity contribution >= 4 is 17.3 Å². The average molecular weight is 263 g/mol. The molecule has 0 radical (unpaired) electrons. The molecule has 1 aromatic carbocycles. The molecule has 0 amide bonds. The van der Waals surface area contributed by atoms with Crippen LogP contribution < -0.4 is 5.32 Å². The van der Waals surface area contributed by atoms with Crippen LogP contribution in [0, 0.1) is 19.3 Å². The number of likely N-dealkylation sites (tertiary alicyclic amines) is 1. The number of terminal acetylenes is 1. The number of piperidine rings is 1. The van der Waals surface area contributed by atoms with E-state index in [1.807, 2.05) is 12.1 Å². The van der Waals surface area contributed by atoms with Crippen LogP contribution in [-0.2, 0) is 0 Å². The average Bonchev–Trinajstić information content (AvgIpc) is 2.37. The summed E-state index contributed by atoms with van der Waals surface area (Å²) < 4.78 is 0. The van der Waals surface area contributed by atoms with E-state index in [0.717, 1.165) is 43.2 Å². The van der Waals surface area contributed by atoms with Gasteiger partial charge < -0.3 is 5.32 Å². The molecule has 0 spiro atoms. The zero-order valence-electron chi connectivity index (χ0n) is 10.7. The van der Waals surface area contributed by atoms with Crippen molar-refractivity contribution in [2.24, 2.45) is 0 Å². The van der Waals surface area contributed by atoms with E-state index in [0.29, 0.717) is 6.04 Å². The van der Waals surface area contributed by atoms with Crippen molar-refractivity contribution in [1.29, 1.82) is 0 Å². The van der Waals surface area contributed by atoms with Crippen molar-refractivity contribution in [3.63, 3.8) is 0 Å². The zero-order chi connectivity index (χ0) is 13.0. The smallest absolute Gasteiger partial charge is 0.0598 e. The lowest BCUT2D eigenvalue weighted by molar-refractivity contribution is 0.243. The fourth-order valence-electron chi connectivity index (χ4n) is 2.33. The van der Waals surface area contributed by atoms with Crippen LogP contribution in [0.4, 0.5) is 5.69 Å². The first-order valence-corrected chi connectivity index (χ1v) is 6.75. The second-order valence-corrected chi connectivity index (χ2v) is 5.29. The molecule has 96 valence electrons. The van der Waals surface area contributed by atoms with E-state index in [4.69, 9.17) is 18.0 Å². The van der Waals surface area contributed by atoms with E-state index < -0.39 is 0 Å². The summed E-state index contributed by atoms with van der Waals surface area (Å²) in [5, 5.41) is 4.37. The maximum absolute atomic E-state index is 6.03. The van der Waals surface area contributed by atoms with Crippen LogP contribution in [-0.4, -0.2) is 30.6 Å². The van der Waals surface area contributed by atoms with Gasteiger partial charge in [0.05, 0.1) is 6.54 Å². The van der Waals surface area contributed by atoms with Crippen LogP contribution in [0.25, 0.3) is 0 Å². The maximum Gasteiger partial charge on any atom is 0.0598 e. The van der Waals surface area contributed by atoms with Gasteiger partial charge in [0.15, 0.2) is 0 Å². The minimum Gasteiger partial charge on any atom is -0.382 e.